The topological polar surface area (TPSA) is 184 Å². The van der Waals surface area contributed by atoms with Crippen molar-refractivity contribution in [2.45, 2.75) is 71.3 Å². The van der Waals surface area contributed by atoms with Crippen molar-refractivity contribution in [3.05, 3.63) is 102 Å². The summed E-state index contributed by atoms with van der Waals surface area (Å²) in [5, 5.41) is 2.85. The van der Waals surface area contributed by atoms with E-state index in [-0.39, 0.29) is 23.3 Å². The van der Waals surface area contributed by atoms with E-state index in [1.165, 1.54) is 0 Å². The van der Waals surface area contributed by atoms with Crippen molar-refractivity contribution in [1.29, 1.82) is 0 Å². The Morgan fingerprint density at radius 1 is 0.740 bits per heavy atom. The van der Waals surface area contributed by atoms with Gasteiger partial charge in [-0.3, -0.25) is 24.6 Å². The molecule has 2 amide bonds. The number of amides is 2. The van der Waals surface area contributed by atoms with Crippen LogP contribution in [0, 0.1) is 24.7 Å². The van der Waals surface area contributed by atoms with Gasteiger partial charge in [-0.2, -0.15) is 0 Å². The number of H-pyrrole nitrogens is 2. The Labute approximate surface area is 447 Å². The monoisotopic (exact) mass is 1050 g/mol. The number of benzene rings is 4. The van der Waals surface area contributed by atoms with Crippen molar-refractivity contribution in [3.8, 4) is 40.2 Å². The molecule has 17 nitrogen and oxygen atoms in total. The van der Waals surface area contributed by atoms with Crippen LogP contribution in [-0.4, -0.2) is 130 Å². The van der Waals surface area contributed by atoms with Crippen LogP contribution in [0.15, 0.2) is 89.0 Å². The maximum Gasteiger partial charge on any atom is 0.224 e. The molecule has 0 aliphatic carbocycles. The SMILES string of the molecule is C=Nc1cc(OCCCC(=O)N2CCC3(CC2)COC3c2c(C)[nH]c3ccc(Oc4ccnc5cc(OCCCC(=O)N6CCC7(CC6)COC7)c(OC)cc45)cc23)c(OC)cc1/C(=N\C)Oc1ccc2[nH]c(C)cc2c1. The molecule has 4 aromatic carbocycles. The number of fused-ring (bicyclic) bond motifs is 3. The summed E-state index contributed by atoms with van der Waals surface area (Å²) in [7, 11) is 4.85. The van der Waals surface area contributed by atoms with Gasteiger partial charge in [0.05, 0.1) is 70.1 Å². The third-order valence-corrected chi connectivity index (χ3v) is 16.1. The zero-order chi connectivity index (χ0) is 53.3. The standard InChI is InChI=1S/C60H67N7O10/c1-37-27-39-28-40(11-13-45(39)64-37)77-58(62-4)44-31-51(71-6)52(32-47(44)61-3)73-25-8-10-55(69)67-23-18-60(19-24-67)36-75-57(60)56-38(2)65-46-14-12-41(29-43(46)56)76-49-15-20-63-48-33-53(50(70-5)30-42(48)49)74-26-7-9-54(68)66-21-16-59(17-22-66)34-72-35-59/h11-15,20,27-33,57,64-65H,3,7-10,16-19,21-26,34-36H2,1-2,4-6H3/b62-58+. The molecular formula is C60H67N7O10. The van der Waals surface area contributed by atoms with Crippen LogP contribution in [0.5, 0.6) is 40.2 Å². The van der Waals surface area contributed by atoms with E-state index in [0.29, 0.717) is 127 Å². The molecule has 4 aliphatic rings. The molecule has 2 N–H and O–H groups in total. The average Bonchev–Trinajstić information content (AvgIpc) is 3.97. The van der Waals surface area contributed by atoms with Crippen molar-refractivity contribution in [2.24, 2.45) is 20.8 Å². The van der Waals surface area contributed by atoms with Crippen LogP contribution in [0.2, 0.25) is 0 Å². The summed E-state index contributed by atoms with van der Waals surface area (Å²) in [6.45, 7) is 13.8. The average molecular weight is 1050 g/mol. The number of carbonyl (C=O) groups is 2. The normalized spacial score (nSPS) is 17.8. The van der Waals surface area contributed by atoms with Crippen LogP contribution in [0.1, 0.15) is 80.0 Å². The van der Waals surface area contributed by atoms with E-state index in [1.54, 1.807) is 39.6 Å². The number of nitrogens with zero attached hydrogens (tertiary/aromatic N) is 5. The maximum atomic E-state index is 13.6. The lowest BCUT2D eigenvalue weighted by Gasteiger charge is -2.53. The molecule has 0 radical (unpaired) electrons. The molecule has 4 aliphatic heterocycles. The minimum Gasteiger partial charge on any atom is -0.493 e. The highest BCUT2D eigenvalue weighted by atomic mass is 16.5. The lowest BCUT2D eigenvalue weighted by Crippen LogP contribution is -2.53. The number of aryl methyl sites for hydroxylation is 2. The first-order valence-electron chi connectivity index (χ1n) is 26.7. The fraction of sp³-hybridized carbons (Fsp3) is 0.417. The highest BCUT2D eigenvalue weighted by molar-refractivity contribution is 6.01. The van der Waals surface area contributed by atoms with Crippen LogP contribution in [-0.2, 0) is 19.1 Å². The van der Waals surface area contributed by atoms with Gasteiger partial charge in [-0.05, 0) is 120 Å². The van der Waals surface area contributed by atoms with Crippen molar-refractivity contribution in [2.75, 3.05) is 80.5 Å². The van der Waals surface area contributed by atoms with E-state index >= 15 is 0 Å². The first-order valence-corrected chi connectivity index (χ1v) is 26.7. The van der Waals surface area contributed by atoms with Crippen LogP contribution < -0.4 is 28.4 Å². The number of aromatic amines is 2. The van der Waals surface area contributed by atoms with Crippen LogP contribution in [0.3, 0.4) is 0 Å². The van der Waals surface area contributed by atoms with Gasteiger partial charge >= 0.3 is 0 Å². The third kappa shape index (κ3) is 10.4. The molecule has 2 spiro atoms. The molecule has 402 valence electrons. The minimum atomic E-state index is -0.125. The van der Waals surface area contributed by atoms with E-state index in [1.807, 2.05) is 65.3 Å². The number of nitrogens with one attached hydrogen (secondary N) is 2. The summed E-state index contributed by atoms with van der Waals surface area (Å²) in [6.07, 6.45) is 7.21. The summed E-state index contributed by atoms with van der Waals surface area (Å²) in [6, 6.07) is 23.1. The van der Waals surface area contributed by atoms with Crippen molar-refractivity contribution in [1.82, 2.24) is 24.8 Å². The van der Waals surface area contributed by atoms with Gasteiger partial charge in [0, 0.05) is 119 Å². The number of ether oxygens (including phenoxy) is 8. The van der Waals surface area contributed by atoms with Gasteiger partial charge in [0.25, 0.3) is 0 Å². The van der Waals surface area contributed by atoms with E-state index in [2.05, 4.69) is 50.7 Å². The summed E-state index contributed by atoms with van der Waals surface area (Å²) < 4.78 is 48.7. The van der Waals surface area contributed by atoms with Crippen molar-refractivity contribution < 1.29 is 47.5 Å². The molecular weight excluding hydrogens is 979 g/mol. The Hall–Kier alpha value is -7.63. The van der Waals surface area contributed by atoms with Gasteiger partial charge in [0.2, 0.25) is 17.7 Å². The molecule has 4 saturated heterocycles. The lowest BCUT2D eigenvalue weighted by atomic mass is 9.68. The Bertz CT molecular complexity index is 3380. The van der Waals surface area contributed by atoms with E-state index in [9.17, 15) is 9.59 Å². The molecule has 1 atom stereocenters. The predicted octanol–water partition coefficient (Wildman–Crippen LogP) is 10.7. The second-order valence-electron chi connectivity index (χ2n) is 21.0. The summed E-state index contributed by atoms with van der Waals surface area (Å²) >= 11 is 0. The quantitative estimate of drug-likeness (QED) is 0.0474. The number of pyridine rings is 1. The lowest BCUT2D eigenvalue weighted by molar-refractivity contribution is -0.211. The first kappa shape index (κ1) is 51.5. The van der Waals surface area contributed by atoms with Gasteiger partial charge in [0.1, 0.15) is 17.2 Å². The van der Waals surface area contributed by atoms with Crippen molar-refractivity contribution >= 4 is 62.8 Å². The molecule has 17 heteroatoms. The fourth-order valence-corrected chi connectivity index (χ4v) is 11.6. The molecule has 4 fully saturated rings. The second kappa shape index (κ2) is 21.8. The number of hydrogen-bond donors (Lipinski definition) is 2. The predicted molar refractivity (Wildman–Crippen MR) is 295 cm³/mol. The number of carbonyl (C=O) groups excluding carboxylic acids is 2. The molecule has 77 heavy (non-hydrogen) atoms. The highest BCUT2D eigenvalue weighted by Gasteiger charge is 2.52. The fourth-order valence-electron chi connectivity index (χ4n) is 11.6. The maximum absolute atomic E-state index is 13.6. The number of aromatic nitrogens is 3. The Morgan fingerprint density at radius 2 is 1.42 bits per heavy atom. The Balaban J connectivity index is 0.682. The molecule has 0 saturated carbocycles. The van der Waals surface area contributed by atoms with Gasteiger partial charge in [-0.1, -0.05) is 0 Å². The number of aliphatic imine (C=N–C) groups is 2. The molecule has 0 bridgehead atoms. The van der Waals surface area contributed by atoms with Crippen LogP contribution in [0.25, 0.3) is 32.7 Å². The number of rotatable bonds is 18. The number of hydrogen-bond acceptors (Lipinski definition) is 13. The third-order valence-electron chi connectivity index (χ3n) is 16.1. The molecule has 7 heterocycles. The summed E-state index contributed by atoms with van der Waals surface area (Å²) in [4.78, 5) is 50.8. The Kier molecular flexibility index (Phi) is 14.6. The van der Waals surface area contributed by atoms with Crippen LogP contribution >= 0.6 is 0 Å². The molecule has 3 aromatic heterocycles. The molecule has 7 aromatic rings. The second-order valence-corrected chi connectivity index (χ2v) is 21.0. The number of methoxy groups -OCH3 is 2. The van der Waals surface area contributed by atoms with E-state index in [0.717, 1.165) is 96.1 Å². The zero-order valence-electron chi connectivity index (χ0n) is 44.6. The molecule has 1 unspecified atom stereocenters. The minimum absolute atomic E-state index is 0.0889. The highest BCUT2D eigenvalue weighted by Crippen LogP contribution is 2.55. The van der Waals surface area contributed by atoms with E-state index in [4.69, 9.17) is 37.9 Å². The Morgan fingerprint density at radius 3 is 2.06 bits per heavy atom. The summed E-state index contributed by atoms with van der Waals surface area (Å²) in [5.41, 5.74) is 7.30. The van der Waals surface area contributed by atoms with Gasteiger partial charge in [-0.25, -0.2) is 0 Å². The summed E-state index contributed by atoms with van der Waals surface area (Å²) in [5.74, 6) is 4.67. The zero-order valence-corrected chi connectivity index (χ0v) is 44.6. The van der Waals surface area contributed by atoms with Crippen molar-refractivity contribution in [3.63, 3.8) is 0 Å². The molecule has 11 rings (SSSR count). The smallest absolute Gasteiger partial charge is 0.224 e. The van der Waals surface area contributed by atoms with Gasteiger partial charge in [0.15, 0.2) is 23.0 Å². The first-order chi connectivity index (χ1) is 37.5. The van der Waals surface area contributed by atoms with Gasteiger partial charge in [-0.15, -0.1) is 0 Å². The largest absolute Gasteiger partial charge is 0.493 e. The van der Waals surface area contributed by atoms with Gasteiger partial charge < -0.3 is 57.7 Å². The number of likely N-dealkylation sites (tertiary alicyclic amines) is 2. The van der Waals surface area contributed by atoms with E-state index < -0.39 is 0 Å². The number of piperidine rings is 2. The van der Waals surface area contributed by atoms with Crippen LogP contribution in [0.4, 0.5) is 5.69 Å².